The van der Waals surface area contributed by atoms with Gasteiger partial charge in [-0.2, -0.15) is 5.10 Å². The Morgan fingerprint density at radius 1 is 1.32 bits per heavy atom. The largest absolute Gasteiger partial charge is 0.326 e. The highest BCUT2D eigenvalue weighted by atomic mass is 32.2. The summed E-state index contributed by atoms with van der Waals surface area (Å²) in [7, 11) is -3.58. The topological polar surface area (TPSA) is 90.0 Å². The van der Waals surface area contributed by atoms with Gasteiger partial charge in [0.15, 0.2) is 0 Å². The lowest BCUT2D eigenvalue weighted by Gasteiger charge is -2.06. The Hall–Kier alpha value is -1.86. The molecule has 19 heavy (non-hydrogen) atoms. The molecule has 0 radical (unpaired) electrons. The van der Waals surface area contributed by atoms with E-state index in [0.29, 0.717) is 18.8 Å². The first-order chi connectivity index (χ1) is 9.05. The number of aromatic nitrogens is 2. The Balaban J connectivity index is 2.21. The van der Waals surface area contributed by atoms with E-state index in [2.05, 4.69) is 9.82 Å². The molecule has 0 aliphatic rings. The van der Waals surface area contributed by atoms with Crippen molar-refractivity contribution < 1.29 is 8.42 Å². The number of hydrogen-bond acceptors (Lipinski definition) is 4. The molecule has 3 N–H and O–H groups in total. The van der Waals surface area contributed by atoms with Crippen molar-refractivity contribution in [1.29, 1.82) is 0 Å². The van der Waals surface area contributed by atoms with Gasteiger partial charge in [-0.05, 0) is 24.6 Å². The summed E-state index contributed by atoms with van der Waals surface area (Å²) in [5.41, 5.74) is 6.81. The first kappa shape index (κ1) is 13.6. The molecule has 0 unspecified atom stereocenters. The lowest BCUT2D eigenvalue weighted by atomic mass is 10.2. The summed E-state index contributed by atoms with van der Waals surface area (Å²) in [5.74, 6) is 0. The normalized spacial score (nSPS) is 11.5. The van der Waals surface area contributed by atoms with E-state index < -0.39 is 10.0 Å². The standard InChI is InChI=1S/C12H16N4O2S/c1-2-16-9-11(8-14-16)15-19(17,18)12-5-3-10(7-13)4-6-12/h3-6,8-9,15H,2,7,13H2,1H3. The Labute approximate surface area is 112 Å². The second-order valence-corrected chi connectivity index (χ2v) is 5.72. The van der Waals surface area contributed by atoms with Crippen LogP contribution in [-0.2, 0) is 23.1 Å². The fourth-order valence-electron chi connectivity index (χ4n) is 1.61. The quantitative estimate of drug-likeness (QED) is 0.860. The highest BCUT2D eigenvalue weighted by Gasteiger charge is 2.14. The zero-order valence-corrected chi connectivity index (χ0v) is 11.4. The number of nitrogens with zero attached hydrogens (tertiary/aromatic N) is 2. The Morgan fingerprint density at radius 3 is 2.53 bits per heavy atom. The molecule has 0 amide bonds. The molecule has 0 saturated carbocycles. The molecule has 0 aliphatic heterocycles. The number of nitrogens with two attached hydrogens (primary N) is 1. The Morgan fingerprint density at radius 2 is 2.00 bits per heavy atom. The van der Waals surface area contributed by atoms with E-state index >= 15 is 0 Å². The summed E-state index contributed by atoms with van der Waals surface area (Å²) in [6, 6.07) is 6.47. The summed E-state index contributed by atoms with van der Waals surface area (Å²) in [6.45, 7) is 3.00. The molecule has 0 aliphatic carbocycles. The van der Waals surface area contributed by atoms with E-state index in [4.69, 9.17) is 5.73 Å². The van der Waals surface area contributed by atoms with Gasteiger partial charge in [-0.25, -0.2) is 8.42 Å². The van der Waals surface area contributed by atoms with Crippen molar-refractivity contribution in [3.63, 3.8) is 0 Å². The molecule has 0 fully saturated rings. The predicted octanol–water partition coefficient (Wildman–Crippen LogP) is 1.16. The molecule has 0 saturated heterocycles. The molecule has 6 nitrogen and oxygen atoms in total. The maximum atomic E-state index is 12.1. The minimum atomic E-state index is -3.58. The van der Waals surface area contributed by atoms with Crippen LogP contribution >= 0.6 is 0 Å². The van der Waals surface area contributed by atoms with Crippen LogP contribution in [-0.4, -0.2) is 18.2 Å². The molecule has 1 aromatic heterocycles. The van der Waals surface area contributed by atoms with Crippen LogP contribution in [0, 0.1) is 0 Å². The van der Waals surface area contributed by atoms with Crippen LogP contribution in [0.1, 0.15) is 12.5 Å². The minimum absolute atomic E-state index is 0.203. The van der Waals surface area contributed by atoms with E-state index in [1.807, 2.05) is 6.92 Å². The summed E-state index contributed by atoms with van der Waals surface area (Å²) in [5, 5.41) is 4.01. The molecule has 1 aromatic carbocycles. The van der Waals surface area contributed by atoms with E-state index in [1.165, 1.54) is 18.3 Å². The van der Waals surface area contributed by atoms with Gasteiger partial charge in [0, 0.05) is 19.3 Å². The molecule has 0 bridgehead atoms. The van der Waals surface area contributed by atoms with Gasteiger partial charge >= 0.3 is 0 Å². The highest BCUT2D eigenvalue weighted by molar-refractivity contribution is 7.92. The molecule has 1 heterocycles. The maximum absolute atomic E-state index is 12.1. The van der Waals surface area contributed by atoms with Crippen molar-refractivity contribution in [2.45, 2.75) is 24.9 Å². The minimum Gasteiger partial charge on any atom is -0.326 e. The van der Waals surface area contributed by atoms with Crippen molar-refractivity contribution in [2.24, 2.45) is 5.73 Å². The number of sulfonamides is 1. The third kappa shape index (κ3) is 3.12. The van der Waals surface area contributed by atoms with Gasteiger partial charge in [0.25, 0.3) is 10.0 Å². The second kappa shape index (κ2) is 5.41. The van der Waals surface area contributed by atoms with Gasteiger partial charge in [-0.15, -0.1) is 0 Å². The first-order valence-electron chi connectivity index (χ1n) is 5.89. The first-order valence-corrected chi connectivity index (χ1v) is 7.37. The van der Waals surface area contributed by atoms with Crippen molar-refractivity contribution in [3.8, 4) is 0 Å². The van der Waals surface area contributed by atoms with Crippen molar-refractivity contribution in [1.82, 2.24) is 9.78 Å². The number of benzene rings is 1. The molecule has 0 atom stereocenters. The van der Waals surface area contributed by atoms with Crippen LogP contribution in [0.25, 0.3) is 0 Å². The molecule has 2 rings (SSSR count). The van der Waals surface area contributed by atoms with Crippen molar-refractivity contribution in [2.75, 3.05) is 4.72 Å². The van der Waals surface area contributed by atoms with Gasteiger partial charge < -0.3 is 5.73 Å². The summed E-state index contributed by atoms with van der Waals surface area (Å²) < 4.78 is 28.4. The monoisotopic (exact) mass is 280 g/mol. The van der Waals surface area contributed by atoms with Gasteiger partial charge in [-0.1, -0.05) is 12.1 Å². The van der Waals surface area contributed by atoms with Crippen LogP contribution in [0.5, 0.6) is 0 Å². The van der Waals surface area contributed by atoms with Gasteiger partial charge in [0.05, 0.1) is 16.8 Å². The number of nitrogens with one attached hydrogen (secondary N) is 1. The molecular weight excluding hydrogens is 264 g/mol. The molecular formula is C12H16N4O2S. The third-order valence-electron chi connectivity index (χ3n) is 2.68. The molecule has 0 spiro atoms. The van der Waals surface area contributed by atoms with Crippen LogP contribution in [0.4, 0.5) is 5.69 Å². The Kier molecular flexibility index (Phi) is 3.87. The second-order valence-electron chi connectivity index (χ2n) is 4.04. The zero-order chi connectivity index (χ0) is 13.9. The molecule has 2 aromatic rings. The lowest BCUT2D eigenvalue weighted by Crippen LogP contribution is -2.12. The van der Waals surface area contributed by atoms with Crippen LogP contribution in [0.15, 0.2) is 41.6 Å². The number of hydrogen-bond donors (Lipinski definition) is 2. The average Bonchev–Trinajstić information content (AvgIpc) is 2.85. The maximum Gasteiger partial charge on any atom is 0.261 e. The van der Waals surface area contributed by atoms with Gasteiger partial charge in [0.2, 0.25) is 0 Å². The van der Waals surface area contributed by atoms with E-state index in [9.17, 15) is 8.42 Å². The molecule has 7 heteroatoms. The van der Waals surface area contributed by atoms with Crippen LogP contribution in [0.2, 0.25) is 0 Å². The smallest absolute Gasteiger partial charge is 0.261 e. The highest BCUT2D eigenvalue weighted by Crippen LogP contribution is 2.15. The number of rotatable bonds is 5. The van der Waals surface area contributed by atoms with E-state index in [0.717, 1.165) is 5.56 Å². The summed E-state index contributed by atoms with van der Waals surface area (Å²) in [4.78, 5) is 0.203. The Bertz CT molecular complexity index is 647. The van der Waals surface area contributed by atoms with E-state index in [-0.39, 0.29) is 4.90 Å². The van der Waals surface area contributed by atoms with Crippen LogP contribution in [0.3, 0.4) is 0 Å². The van der Waals surface area contributed by atoms with Crippen LogP contribution < -0.4 is 10.5 Å². The fraction of sp³-hybridized carbons (Fsp3) is 0.250. The predicted molar refractivity (Wildman–Crippen MR) is 73.0 cm³/mol. The SMILES string of the molecule is CCn1cc(NS(=O)(=O)c2ccc(CN)cc2)cn1. The fourth-order valence-corrected chi connectivity index (χ4v) is 2.64. The number of anilines is 1. The van der Waals surface area contributed by atoms with Gasteiger partial charge in [-0.3, -0.25) is 9.40 Å². The summed E-state index contributed by atoms with van der Waals surface area (Å²) in [6.07, 6.45) is 3.13. The zero-order valence-electron chi connectivity index (χ0n) is 10.6. The number of aryl methyl sites for hydroxylation is 1. The molecule has 102 valence electrons. The third-order valence-corrected chi connectivity index (χ3v) is 4.08. The van der Waals surface area contributed by atoms with Crippen molar-refractivity contribution >= 4 is 15.7 Å². The van der Waals surface area contributed by atoms with Crippen molar-refractivity contribution in [3.05, 3.63) is 42.2 Å². The van der Waals surface area contributed by atoms with E-state index in [1.54, 1.807) is 23.0 Å². The van der Waals surface area contributed by atoms with Gasteiger partial charge in [0.1, 0.15) is 0 Å². The average molecular weight is 280 g/mol. The summed E-state index contributed by atoms with van der Waals surface area (Å²) >= 11 is 0. The lowest BCUT2D eigenvalue weighted by molar-refractivity contribution is 0.601.